The van der Waals surface area contributed by atoms with Gasteiger partial charge in [0.1, 0.15) is 0 Å². The van der Waals surface area contributed by atoms with Crippen molar-refractivity contribution in [3.05, 3.63) is 181 Å². The van der Waals surface area contributed by atoms with Crippen molar-refractivity contribution in [2.24, 2.45) is 11.8 Å². The third kappa shape index (κ3) is 11.9. The Morgan fingerprint density at radius 2 is 1.00 bits per heavy atom. The maximum atomic E-state index is 18.5. The maximum absolute atomic E-state index is 18.5. The first-order chi connectivity index (χ1) is 33.7. The van der Waals surface area contributed by atoms with Crippen LogP contribution in [0.1, 0.15) is 58.1 Å². The van der Waals surface area contributed by atoms with E-state index in [1.165, 1.54) is 51.1 Å². The normalized spacial score (nSPS) is 15.2. The van der Waals surface area contributed by atoms with Crippen LogP contribution < -0.4 is 12.5 Å². The van der Waals surface area contributed by atoms with E-state index in [0.717, 1.165) is 12.1 Å². The Morgan fingerprint density at radius 3 is 1.37 bits per heavy atom. The summed E-state index contributed by atoms with van der Waals surface area (Å²) in [6, 6.07) is 20.7. The van der Waals surface area contributed by atoms with Gasteiger partial charge in [-0.15, -0.1) is 0 Å². The number of hydrogen-bond acceptors (Lipinski definition) is 6. The van der Waals surface area contributed by atoms with Crippen molar-refractivity contribution in [2.75, 3.05) is 38.5 Å². The summed E-state index contributed by atoms with van der Waals surface area (Å²) in [6.45, 7) is 11.0. The van der Waals surface area contributed by atoms with E-state index < -0.39 is 91.4 Å². The van der Waals surface area contributed by atoms with Crippen molar-refractivity contribution < 1.29 is 58.1 Å². The van der Waals surface area contributed by atoms with Crippen molar-refractivity contribution in [1.82, 2.24) is 13.3 Å². The average molecular weight is 1070 g/mol. The van der Waals surface area contributed by atoms with E-state index in [0.29, 0.717) is 0 Å². The summed E-state index contributed by atoms with van der Waals surface area (Å²) in [5.41, 5.74) is 0.00708. The molecule has 2 aliphatic rings. The number of rotatable bonds is 27. The molecule has 4 aromatic rings. The molecule has 0 saturated carbocycles. The van der Waals surface area contributed by atoms with Crippen LogP contribution in [0.4, 0.5) is 17.6 Å². The zero-order chi connectivity index (χ0) is 51.6. The predicted molar refractivity (Wildman–Crippen MR) is 274 cm³/mol. The summed E-state index contributed by atoms with van der Waals surface area (Å²) in [7, 11) is -12.0. The summed E-state index contributed by atoms with van der Waals surface area (Å²) in [6.07, 6.45) is 15.0. The second kappa shape index (κ2) is 23.7. The number of nitrogens with zero attached hydrogens (tertiary/aromatic N) is 2. The van der Waals surface area contributed by atoms with E-state index in [1.807, 2.05) is 27.7 Å². The van der Waals surface area contributed by atoms with E-state index in [9.17, 15) is 25.3 Å². The average Bonchev–Trinajstić information content (AvgIpc) is 4.09. The van der Waals surface area contributed by atoms with Crippen LogP contribution in [0.2, 0.25) is 13.2 Å². The molecule has 0 spiro atoms. The SMILES string of the molecule is C=CCCS(=O)(=O)NC[CH2][Ti]([c]1c(F)ccc(CCCN(CC(C)C)S(=O)(=O)c2ccccc2)c1F)([c]1c(F)ccc(CCCN(CC(C)C)S(=O)(=O)c2ccccc2)c1F)([CH]1C=CC=C1)[CH]1C=CC=C1. The van der Waals surface area contributed by atoms with Crippen LogP contribution in [0, 0.1) is 35.1 Å². The molecule has 1 N–H and O–H groups in total. The molecule has 0 unspecified atom stereocenters. The first-order valence-electron chi connectivity index (χ1n) is 24.2. The molecule has 0 saturated heterocycles. The number of nitrogens with one attached hydrogen (secondary N) is 1. The van der Waals surface area contributed by atoms with Gasteiger partial charge in [0.15, 0.2) is 0 Å². The summed E-state index contributed by atoms with van der Waals surface area (Å²) in [5.74, 6) is -4.62. The summed E-state index contributed by atoms with van der Waals surface area (Å²) in [4.78, 5) is 0.200. The van der Waals surface area contributed by atoms with Gasteiger partial charge in [-0.3, -0.25) is 0 Å². The van der Waals surface area contributed by atoms with Crippen molar-refractivity contribution >= 4 is 37.8 Å². The predicted octanol–water partition coefficient (Wildman–Crippen LogP) is 10.2. The molecule has 0 amide bonds. The van der Waals surface area contributed by atoms with E-state index in [2.05, 4.69) is 11.3 Å². The molecule has 0 aromatic heterocycles. The topological polar surface area (TPSA) is 121 Å². The van der Waals surface area contributed by atoms with Crippen molar-refractivity contribution in [2.45, 2.75) is 82.8 Å². The molecular weight excluding hydrogens is 1010 g/mol. The number of aryl methyl sites for hydroxylation is 2. The first-order valence-corrected chi connectivity index (χ1v) is 33.2. The van der Waals surface area contributed by atoms with Crippen LogP contribution in [-0.4, -0.2) is 72.3 Å². The van der Waals surface area contributed by atoms with Crippen molar-refractivity contribution in [1.29, 1.82) is 0 Å². The van der Waals surface area contributed by atoms with Gasteiger partial charge in [-0.05, 0) is 0 Å². The van der Waals surface area contributed by atoms with Gasteiger partial charge in [0.2, 0.25) is 0 Å². The Balaban J connectivity index is 1.54. The van der Waals surface area contributed by atoms with Crippen molar-refractivity contribution in [3.63, 3.8) is 0 Å². The van der Waals surface area contributed by atoms with E-state index in [-0.39, 0.29) is 102 Å². The van der Waals surface area contributed by atoms with Crippen molar-refractivity contribution in [3.8, 4) is 0 Å². The molecule has 0 heterocycles. The Kier molecular flexibility index (Phi) is 18.7. The van der Waals surface area contributed by atoms with E-state index >= 15 is 17.6 Å². The minimum atomic E-state index is -6.55. The number of benzene rings is 4. The monoisotopic (exact) mass is 1070 g/mol. The third-order valence-electron chi connectivity index (χ3n) is 13.7. The quantitative estimate of drug-likeness (QED) is 0.0361. The van der Waals surface area contributed by atoms with Gasteiger partial charge in [0, 0.05) is 0 Å². The fourth-order valence-electron chi connectivity index (χ4n) is 10.6. The molecule has 9 nitrogen and oxygen atoms in total. The van der Waals surface area contributed by atoms with Gasteiger partial charge in [-0.1, -0.05) is 0 Å². The Bertz CT molecular complexity index is 2790. The molecule has 0 fully saturated rings. The Hall–Kier alpha value is -4.26. The van der Waals surface area contributed by atoms with Gasteiger partial charge < -0.3 is 0 Å². The molecular formula is C54H66F4N3O6S3Ti. The number of allylic oxidation sites excluding steroid dienone is 9. The van der Waals surface area contributed by atoms with Gasteiger partial charge >= 0.3 is 423 Å². The molecule has 2 aliphatic carbocycles. The molecule has 0 radical (unpaired) electrons. The van der Waals surface area contributed by atoms with Gasteiger partial charge in [0.05, 0.1) is 0 Å². The molecule has 0 bridgehead atoms. The van der Waals surface area contributed by atoms with Gasteiger partial charge in [-0.25, -0.2) is 0 Å². The van der Waals surface area contributed by atoms with Crippen LogP contribution in [0.15, 0.2) is 156 Å². The van der Waals surface area contributed by atoms with Crippen LogP contribution >= 0.6 is 0 Å². The number of hydrogen-bond donors (Lipinski definition) is 1. The molecule has 17 heteroatoms. The zero-order valence-corrected chi connectivity index (χ0v) is 44.9. The standard InChI is InChI=1S/2C19H22F2NO2S.C6H12NO2S.2C5H5.Ti/c2*1-15(2)14-22(25(23,24)18-8-4-3-5-9-18)12-6-7-16-10-11-17(20)13-19(16)21;1-3-5-6-10(8,9)7-4-2;2*1-2-4-5-3-1;/h2*3-5,8-11,15H,6-7,12,14H2,1-2H3;3,7H,1-2,4-6H2;2*1-5H;. The number of sulfonamides is 3. The Morgan fingerprint density at radius 1 is 0.606 bits per heavy atom. The number of halogens is 4. The third-order valence-corrected chi connectivity index (χ3v) is 32.1. The summed E-state index contributed by atoms with van der Waals surface area (Å²) >= 11 is -6.55. The Labute approximate surface area is 420 Å². The summed E-state index contributed by atoms with van der Waals surface area (Å²) in [5, 5.41) is 0. The molecule has 71 heavy (non-hydrogen) atoms. The molecule has 0 aliphatic heterocycles. The van der Waals surface area contributed by atoms with Gasteiger partial charge in [-0.2, -0.15) is 0 Å². The summed E-state index contributed by atoms with van der Waals surface area (Å²) < 4.78 is 157. The second-order valence-electron chi connectivity index (χ2n) is 19.4. The van der Waals surface area contributed by atoms with Gasteiger partial charge in [0.25, 0.3) is 0 Å². The molecule has 0 atom stereocenters. The van der Waals surface area contributed by atoms with Crippen LogP contribution in [0.5, 0.6) is 0 Å². The van der Waals surface area contributed by atoms with E-state index in [1.54, 1.807) is 85.0 Å². The molecule has 4 aromatic carbocycles. The minimum absolute atomic E-state index is 0.00354. The van der Waals surface area contributed by atoms with Crippen LogP contribution in [-0.2, 0) is 58.2 Å². The van der Waals surface area contributed by atoms with E-state index in [4.69, 9.17) is 0 Å². The first kappa shape index (κ1) is 56.0. The second-order valence-corrected chi connectivity index (χ2v) is 34.7. The van der Waals surface area contributed by atoms with Crippen LogP contribution in [0.3, 0.4) is 0 Å². The fourth-order valence-corrected chi connectivity index (χ4v) is 28.8. The zero-order valence-electron chi connectivity index (χ0n) is 40.9. The molecule has 383 valence electrons. The van der Waals surface area contributed by atoms with Crippen LogP contribution in [0.25, 0.3) is 0 Å². The fraction of sp³-hybridized carbons (Fsp3) is 0.370. The molecule has 6 rings (SSSR count).